The lowest BCUT2D eigenvalue weighted by molar-refractivity contribution is -0.133. The SMILES string of the molecule is COc1ccc(C(=O)C2CCN(C(=O)Cn3nnc(-c4ccsc4)n3)CC2)cc1. The van der Waals surface area contributed by atoms with Gasteiger partial charge in [-0.05, 0) is 53.8 Å². The first-order valence-corrected chi connectivity index (χ1v) is 10.3. The Hall–Kier alpha value is -3.07. The molecule has 0 atom stereocenters. The number of tetrazole rings is 1. The number of piperidine rings is 1. The van der Waals surface area contributed by atoms with Crippen molar-refractivity contribution in [1.82, 2.24) is 25.1 Å². The van der Waals surface area contributed by atoms with Crippen molar-refractivity contribution in [3.8, 4) is 17.1 Å². The van der Waals surface area contributed by atoms with E-state index in [4.69, 9.17) is 4.74 Å². The molecular formula is C20H21N5O3S. The number of aromatic nitrogens is 4. The standard InChI is InChI=1S/C20H21N5O3S/c1-28-17-4-2-14(3-5-17)19(27)15-6-9-24(10-7-15)18(26)12-25-22-20(21-23-25)16-8-11-29-13-16/h2-5,8,11,13,15H,6-7,9-10,12H2,1H3. The van der Waals surface area contributed by atoms with E-state index in [2.05, 4.69) is 15.4 Å². The average Bonchev–Trinajstić information content (AvgIpc) is 3.45. The first-order chi connectivity index (χ1) is 14.1. The molecule has 0 aliphatic carbocycles. The van der Waals surface area contributed by atoms with Crippen LogP contribution >= 0.6 is 11.3 Å². The van der Waals surface area contributed by atoms with Crippen molar-refractivity contribution in [1.29, 1.82) is 0 Å². The van der Waals surface area contributed by atoms with Gasteiger partial charge in [0.2, 0.25) is 11.7 Å². The minimum absolute atomic E-state index is 0.0498. The Bertz CT molecular complexity index is 976. The first kappa shape index (κ1) is 19.3. The van der Waals surface area contributed by atoms with Crippen LogP contribution in [0.1, 0.15) is 23.2 Å². The molecule has 1 aliphatic rings. The molecule has 3 heterocycles. The number of thiophene rings is 1. The Morgan fingerprint density at radius 2 is 1.93 bits per heavy atom. The van der Waals surface area contributed by atoms with Gasteiger partial charge in [-0.25, -0.2) is 0 Å². The molecule has 1 saturated heterocycles. The average molecular weight is 411 g/mol. The summed E-state index contributed by atoms with van der Waals surface area (Å²) in [5.74, 6) is 1.24. The predicted molar refractivity (Wildman–Crippen MR) is 108 cm³/mol. The number of rotatable bonds is 6. The van der Waals surface area contributed by atoms with E-state index in [1.54, 1.807) is 47.6 Å². The third-order valence-electron chi connectivity index (χ3n) is 5.10. The highest BCUT2D eigenvalue weighted by molar-refractivity contribution is 7.08. The fourth-order valence-electron chi connectivity index (χ4n) is 3.42. The van der Waals surface area contributed by atoms with Gasteiger partial charge < -0.3 is 9.64 Å². The van der Waals surface area contributed by atoms with Gasteiger partial charge >= 0.3 is 0 Å². The molecule has 1 fully saturated rings. The normalized spacial score (nSPS) is 14.7. The molecule has 2 aromatic heterocycles. The maximum absolute atomic E-state index is 12.7. The number of carbonyl (C=O) groups is 2. The lowest BCUT2D eigenvalue weighted by Gasteiger charge is -2.31. The summed E-state index contributed by atoms with van der Waals surface area (Å²) in [5, 5.41) is 16.1. The molecular weight excluding hydrogens is 390 g/mol. The van der Waals surface area contributed by atoms with E-state index in [0.717, 1.165) is 11.3 Å². The smallest absolute Gasteiger partial charge is 0.246 e. The number of hydrogen-bond donors (Lipinski definition) is 0. The second-order valence-electron chi connectivity index (χ2n) is 6.90. The molecule has 9 heteroatoms. The van der Waals surface area contributed by atoms with Gasteiger partial charge in [-0.1, -0.05) is 0 Å². The third-order valence-corrected chi connectivity index (χ3v) is 5.79. The fourth-order valence-corrected chi connectivity index (χ4v) is 4.05. The van der Waals surface area contributed by atoms with Crippen LogP contribution in [-0.2, 0) is 11.3 Å². The molecule has 4 rings (SSSR count). The highest BCUT2D eigenvalue weighted by atomic mass is 32.1. The molecule has 0 saturated carbocycles. The van der Waals surface area contributed by atoms with E-state index >= 15 is 0 Å². The minimum Gasteiger partial charge on any atom is -0.497 e. The van der Waals surface area contributed by atoms with Crippen LogP contribution in [0.3, 0.4) is 0 Å². The van der Waals surface area contributed by atoms with E-state index < -0.39 is 0 Å². The minimum atomic E-state index is -0.0675. The molecule has 0 bridgehead atoms. The Labute approximate surface area is 172 Å². The van der Waals surface area contributed by atoms with Crippen molar-refractivity contribution in [2.24, 2.45) is 5.92 Å². The number of amides is 1. The summed E-state index contributed by atoms with van der Waals surface area (Å²) in [4.78, 5) is 28.4. The zero-order valence-electron chi connectivity index (χ0n) is 16.0. The molecule has 0 spiro atoms. The number of benzene rings is 1. The summed E-state index contributed by atoms with van der Waals surface area (Å²) in [6.07, 6.45) is 1.31. The summed E-state index contributed by atoms with van der Waals surface area (Å²) >= 11 is 1.56. The maximum atomic E-state index is 12.7. The van der Waals surface area contributed by atoms with E-state index in [0.29, 0.717) is 37.3 Å². The number of methoxy groups -OCH3 is 1. The predicted octanol–water partition coefficient (Wildman–Crippen LogP) is 2.53. The molecule has 1 amide bonds. The number of ketones is 1. The monoisotopic (exact) mass is 411 g/mol. The largest absolute Gasteiger partial charge is 0.497 e. The van der Waals surface area contributed by atoms with Gasteiger partial charge in [0.25, 0.3) is 0 Å². The van der Waals surface area contributed by atoms with Crippen LogP contribution < -0.4 is 4.74 Å². The lowest BCUT2D eigenvalue weighted by atomic mass is 9.89. The van der Waals surface area contributed by atoms with Gasteiger partial charge in [0.05, 0.1) is 7.11 Å². The van der Waals surface area contributed by atoms with Crippen LogP contribution in [0, 0.1) is 5.92 Å². The number of carbonyl (C=O) groups excluding carboxylic acids is 2. The topological polar surface area (TPSA) is 90.2 Å². The van der Waals surface area contributed by atoms with Crippen LogP contribution in [0.25, 0.3) is 11.4 Å². The number of likely N-dealkylation sites (tertiary alicyclic amines) is 1. The van der Waals surface area contributed by atoms with E-state index in [1.165, 1.54) is 4.80 Å². The van der Waals surface area contributed by atoms with Gasteiger partial charge in [0.15, 0.2) is 5.78 Å². The maximum Gasteiger partial charge on any atom is 0.246 e. The fraction of sp³-hybridized carbons (Fsp3) is 0.350. The number of hydrogen-bond acceptors (Lipinski definition) is 7. The zero-order chi connectivity index (χ0) is 20.2. The highest BCUT2D eigenvalue weighted by Gasteiger charge is 2.28. The lowest BCUT2D eigenvalue weighted by Crippen LogP contribution is -2.42. The number of nitrogens with zero attached hydrogens (tertiary/aromatic N) is 5. The second kappa shape index (κ2) is 8.52. The molecule has 0 unspecified atom stereocenters. The molecule has 1 aromatic carbocycles. The first-order valence-electron chi connectivity index (χ1n) is 9.40. The van der Waals surface area contributed by atoms with Gasteiger partial charge in [-0.2, -0.15) is 16.1 Å². The second-order valence-corrected chi connectivity index (χ2v) is 7.68. The van der Waals surface area contributed by atoms with E-state index in [-0.39, 0.29) is 24.2 Å². The molecule has 29 heavy (non-hydrogen) atoms. The summed E-state index contributed by atoms with van der Waals surface area (Å²) < 4.78 is 5.13. The number of Topliss-reactive ketones (excluding diaryl/α,β-unsaturated/α-hetero) is 1. The molecule has 8 nitrogen and oxygen atoms in total. The van der Waals surface area contributed by atoms with Crippen LogP contribution in [0.5, 0.6) is 5.75 Å². The summed E-state index contributed by atoms with van der Waals surface area (Å²) in [7, 11) is 1.60. The van der Waals surface area contributed by atoms with Crippen LogP contribution in [0.15, 0.2) is 41.1 Å². The summed E-state index contributed by atoms with van der Waals surface area (Å²) in [6.45, 7) is 1.16. The van der Waals surface area contributed by atoms with Gasteiger partial charge in [-0.15, -0.1) is 10.2 Å². The van der Waals surface area contributed by atoms with E-state index in [1.807, 2.05) is 16.8 Å². The summed E-state index contributed by atoms with van der Waals surface area (Å²) in [5.41, 5.74) is 1.58. The Morgan fingerprint density at radius 1 is 1.17 bits per heavy atom. The highest BCUT2D eigenvalue weighted by Crippen LogP contribution is 2.23. The van der Waals surface area contributed by atoms with Crippen molar-refractivity contribution in [2.75, 3.05) is 20.2 Å². The van der Waals surface area contributed by atoms with Crippen molar-refractivity contribution < 1.29 is 14.3 Å². The van der Waals surface area contributed by atoms with Crippen LogP contribution in [-0.4, -0.2) is 57.0 Å². The van der Waals surface area contributed by atoms with Crippen molar-refractivity contribution >= 4 is 23.0 Å². The summed E-state index contributed by atoms with van der Waals surface area (Å²) in [6, 6.07) is 9.08. The molecule has 1 aliphatic heterocycles. The van der Waals surface area contributed by atoms with Crippen molar-refractivity contribution in [3.05, 3.63) is 46.7 Å². The Morgan fingerprint density at radius 3 is 2.59 bits per heavy atom. The number of ether oxygens (including phenoxy) is 1. The Kier molecular flexibility index (Phi) is 5.66. The van der Waals surface area contributed by atoms with Crippen LogP contribution in [0.2, 0.25) is 0 Å². The van der Waals surface area contributed by atoms with Crippen molar-refractivity contribution in [3.63, 3.8) is 0 Å². The third kappa shape index (κ3) is 4.34. The van der Waals surface area contributed by atoms with Gasteiger partial charge in [0.1, 0.15) is 12.3 Å². The zero-order valence-corrected chi connectivity index (χ0v) is 16.8. The van der Waals surface area contributed by atoms with Gasteiger partial charge in [0, 0.05) is 35.5 Å². The molecule has 0 N–H and O–H groups in total. The van der Waals surface area contributed by atoms with Crippen LogP contribution in [0.4, 0.5) is 0 Å². The molecule has 3 aromatic rings. The quantitative estimate of drug-likeness (QED) is 0.579. The molecule has 0 radical (unpaired) electrons. The van der Waals surface area contributed by atoms with E-state index in [9.17, 15) is 9.59 Å². The van der Waals surface area contributed by atoms with Crippen molar-refractivity contribution in [2.45, 2.75) is 19.4 Å². The van der Waals surface area contributed by atoms with Gasteiger partial charge in [-0.3, -0.25) is 9.59 Å². The Balaban J connectivity index is 1.30. The molecule has 150 valence electrons.